The molecule has 1 N–H and O–H groups in total. The van der Waals surface area contributed by atoms with Gasteiger partial charge in [0.15, 0.2) is 17.5 Å². The molecule has 0 aromatic heterocycles. The number of hydrogen-bond donors (Lipinski definition) is 1. The van der Waals surface area contributed by atoms with Crippen molar-refractivity contribution in [1.29, 1.82) is 0 Å². The van der Waals surface area contributed by atoms with E-state index in [1.54, 1.807) is 0 Å². The van der Waals surface area contributed by atoms with Crippen LogP contribution in [0.5, 0.6) is 0 Å². The standard InChI is InChI=1S/C14H16F3NO/c1-14(4-2-3-5-14)13(19)18-8-9-6-10(15)12(17)11(16)7-9/h6-7H,2-5,8H2,1H3,(H,18,19). The lowest BCUT2D eigenvalue weighted by Gasteiger charge is -2.22. The van der Waals surface area contributed by atoms with Crippen LogP contribution in [0.1, 0.15) is 38.2 Å². The van der Waals surface area contributed by atoms with Crippen LogP contribution in [-0.4, -0.2) is 5.91 Å². The number of nitrogens with one attached hydrogen (secondary N) is 1. The quantitative estimate of drug-likeness (QED) is 0.840. The zero-order valence-electron chi connectivity index (χ0n) is 10.7. The molecule has 1 aliphatic carbocycles. The first-order valence-corrected chi connectivity index (χ1v) is 6.34. The van der Waals surface area contributed by atoms with E-state index in [0.717, 1.165) is 37.8 Å². The van der Waals surface area contributed by atoms with Crippen LogP contribution >= 0.6 is 0 Å². The summed E-state index contributed by atoms with van der Waals surface area (Å²) in [5.74, 6) is -4.08. The molecule has 0 saturated heterocycles. The number of benzene rings is 1. The lowest BCUT2D eigenvalue weighted by atomic mass is 9.88. The Kier molecular flexibility index (Phi) is 3.83. The van der Waals surface area contributed by atoms with Crippen LogP contribution < -0.4 is 5.32 Å². The van der Waals surface area contributed by atoms with Crippen LogP contribution in [0.3, 0.4) is 0 Å². The molecule has 0 heterocycles. The molecule has 1 amide bonds. The predicted molar refractivity (Wildman–Crippen MR) is 64.7 cm³/mol. The minimum atomic E-state index is -1.49. The van der Waals surface area contributed by atoms with Gasteiger partial charge in [0.05, 0.1) is 0 Å². The Morgan fingerprint density at radius 2 is 1.74 bits per heavy atom. The first kappa shape index (κ1) is 13.9. The molecule has 0 aliphatic heterocycles. The summed E-state index contributed by atoms with van der Waals surface area (Å²) in [6.45, 7) is 1.89. The number of amides is 1. The van der Waals surface area contributed by atoms with E-state index >= 15 is 0 Å². The van der Waals surface area contributed by atoms with E-state index in [4.69, 9.17) is 0 Å². The molecular formula is C14H16F3NO. The summed E-state index contributed by atoms with van der Waals surface area (Å²) >= 11 is 0. The first-order chi connectivity index (χ1) is 8.92. The van der Waals surface area contributed by atoms with E-state index in [9.17, 15) is 18.0 Å². The summed E-state index contributed by atoms with van der Waals surface area (Å²) in [6.07, 6.45) is 3.68. The molecule has 1 aromatic carbocycles. The zero-order valence-corrected chi connectivity index (χ0v) is 10.7. The Balaban J connectivity index is 2.01. The monoisotopic (exact) mass is 271 g/mol. The molecule has 0 spiro atoms. The van der Waals surface area contributed by atoms with Gasteiger partial charge in [-0.15, -0.1) is 0 Å². The third-order valence-corrected chi connectivity index (χ3v) is 3.75. The SMILES string of the molecule is CC1(C(=O)NCc2cc(F)c(F)c(F)c2)CCCC1. The van der Waals surface area contributed by atoms with Crippen molar-refractivity contribution in [3.8, 4) is 0 Å². The van der Waals surface area contributed by atoms with E-state index in [-0.39, 0.29) is 18.0 Å². The number of halogens is 3. The van der Waals surface area contributed by atoms with Crippen LogP contribution in [0.4, 0.5) is 13.2 Å². The molecular weight excluding hydrogens is 255 g/mol. The number of rotatable bonds is 3. The molecule has 2 rings (SSSR count). The van der Waals surface area contributed by atoms with Crippen molar-refractivity contribution in [2.45, 2.75) is 39.2 Å². The smallest absolute Gasteiger partial charge is 0.226 e. The van der Waals surface area contributed by atoms with Gasteiger partial charge in [0.2, 0.25) is 5.91 Å². The van der Waals surface area contributed by atoms with Crippen molar-refractivity contribution >= 4 is 5.91 Å². The van der Waals surface area contributed by atoms with Crippen molar-refractivity contribution in [2.24, 2.45) is 5.41 Å². The fourth-order valence-electron chi connectivity index (χ4n) is 2.49. The van der Waals surface area contributed by atoms with Gasteiger partial charge in [0.25, 0.3) is 0 Å². The largest absolute Gasteiger partial charge is 0.352 e. The minimum Gasteiger partial charge on any atom is -0.352 e. The maximum atomic E-state index is 13.0. The van der Waals surface area contributed by atoms with Crippen LogP contribution in [0.15, 0.2) is 12.1 Å². The van der Waals surface area contributed by atoms with Crippen molar-refractivity contribution in [3.05, 3.63) is 35.1 Å². The van der Waals surface area contributed by atoms with Crippen molar-refractivity contribution in [1.82, 2.24) is 5.32 Å². The van der Waals surface area contributed by atoms with Crippen LogP contribution in [0, 0.1) is 22.9 Å². The Hall–Kier alpha value is -1.52. The maximum Gasteiger partial charge on any atom is 0.226 e. The van der Waals surface area contributed by atoms with Crippen LogP contribution in [-0.2, 0) is 11.3 Å². The Bertz CT molecular complexity index is 472. The summed E-state index contributed by atoms with van der Waals surface area (Å²) in [7, 11) is 0. The highest BCUT2D eigenvalue weighted by atomic mass is 19.2. The van der Waals surface area contributed by atoms with Gasteiger partial charge in [-0.1, -0.05) is 19.8 Å². The third-order valence-electron chi connectivity index (χ3n) is 3.75. The van der Waals surface area contributed by atoms with Gasteiger partial charge in [-0.3, -0.25) is 4.79 Å². The first-order valence-electron chi connectivity index (χ1n) is 6.34. The molecule has 1 aliphatic rings. The summed E-state index contributed by atoms with van der Waals surface area (Å²) in [4.78, 5) is 12.0. The van der Waals surface area contributed by atoms with Crippen molar-refractivity contribution in [2.75, 3.05) is 0 Å². The molecule has 5 heteroatoms. The Morgan fingerprint density at radius 3 is 2.26 bits per heavy atom. The number of carbonyl (C=O) groups is 1. The molecule has 2 nitrogen and oxygen atoms in total. The summed E-state index contributed by atoms with van der Waals surface area (Å²) in [5, 5.41) is 2.66. The van der Waals surface area contributed by atoms with Crippen molar-refractivity contribution in [3.63, 3.8) is 0 Å². The molecule has 0 unspecified atom stereocenters. The number of carbonyl (C=O) groups excluding carboxylic acids is 1. The average Bonchev–Trinajstić information content (AvgIpc) is 2.81. The van der Waals surface area contributed by atoms with E-state index in [0.29, 0.717) is 0 Å². The third kappa shape index (κ3) is 2.91. The van der Waals surface area contributed by atoms with Gasteiger partial charge < -0.3 is 5.32 Å². The highest BCUT2D eigenvalue weighted by Crippen LogP contribution is 2.37. The topological polar surface area (TPSA) is 29.1 Å². The van der Waals surface area contributed by atoms with Gasteiger partial charge in [-0.25, -0.2) is 13.2 Å². The second kappa shape index (κ2) is 5.23. The molecule has 1 fully saturated rings. The lowest BCUT2D eigenvalue weighted by Crippen LogP contribution is -2.36. The second-order valence-corrected chi connectivity index (χ2v) is 5.32. The molecule has 1 saturated carbocycles. The Labute approximate surface area is 110 Å². The summed E-state index contributed by atoms with van der Waals surface area (Å²) in [6, 6.07) is 1.80. The van der Waals surface area contributed by atoms with Gasteiger partial charge in [0.1, 0.15) is 0 Å². The van der Waals surface area contributed by atoms with Crippen molar-refractivity contribution < 1.29 is 18.0 Å². The minimum absolute atomic E-state index is 0.00252. The molecule has 19 heavy (non-hydrogen) atoms. The lowest BCUT2D eigenvalue weighted by molar-refractivity contribution is -0.130. The molecule has 1 aromatic rings. The second-order valence-electron chi connectivity index (χ2n) is 5.32. The molecule has 0 radical (unpaired) electrons. The summed E-state index contributed by atoms with van der Waals surface area (Å²) in [5.41, 5.74) is -0.178. The Morgan fingerprint density at radius 1 is 1.21 bits per heavy atom. The van der Waals surface area contributed by atoms with Gasteiger partial charge >= 0.3 is 0 Å². The normalized spacial score (nSPS) is 17.5. The molecule has 104 valence electrons. The zero-order chi connectivity index (χ0) is 14.0. The maximum absolute atomic E-state index is 13.0. The van der Waals surface area contributed by atoms with E-state index in [1.165, 1.54) is 0 Å². The molecule has 0 atom stereocenters. The van der Waals surface area contributed by atoms with Gasteiger partial charge in [-0.05, 0) is 30.5 Å². The molecule has 0 bridgehead atoms. The highest BCUT2D eigenvalue weighted by Gasteiger charge is 2.35. The highest BCUT2D eigenvalue weighted by molar-refractivity contribution is 5.82. The van der Waals surface area contributed by atoms with Crippen LogP contribution in [0.2, 0.25) is 0 Å². The average molecular weight is 271 g/mol. The van der Waals surface area contributed by atoms with Gasteiger partial charge in [0, 0.05) is 12.0 Å². The van der Waals surface area contributed by atoms with E-state index in [1.807, 2.05) is 6.92 Å². The van der Waals surface area contributed by atoms with Crippen LogP contribution in [0.25, 0.3) is 0 Å². The predicted octanol–water partition coefficient (Wildman–Crippen LogP) is 3.30. The fraction of sp³-hybridized carbons (Fsp3) is 0.500. The summed E-state index contributed by atoms with van der Waals surface area (Å²) < 4.78 is 38.8. The van der Waals surface area contributed by atoms with E-state index in [2.05, 4.69) is 5.32 Å². The fourth-order valence-corrected chi connectivity index (χ4v) is 2.49. The van der Waals surface area contributed by atoms with Gasteiger partial charge in [-0.2, -0.15) is 0 Å². The van der Waals surface area contributed by atoms with E-state index < -0.39 is 22.9 Å². The number of hydrogen-bond acceptors (Lipinski definition) is 1.